The summed E-state index contributed by atoms with van der Waals surface area (Å²) in [4.78, 5) is 21.6. The molecule has 0 atom stereocenters. The Morgan fingerprint density at radius 3 is 2.80 bits per heavy atom. The first-order valence-electron chi connectivity index (χ1n) is 4.28. The molecule has 1 aromatic rings. The van der Waals surface area contributed by atoms with Crippen molar-refractivity contribution in [2.75, 3.05) is 13.2 Å². The van der Waals surface area contributed by atoms with Gasteiger partial charge in [-0.15, -0.1) is 0 Å². The summed E-state index contributed by atoms with van der Waals surface area (Å²) in [6.45, 7) is -0.0234. The number of aliphatic hydroxyl groups is 1. The van der Waals surface area contributed by atoms with Gasteiger partial charge in [-0.3, -0.25) is 9.48 Å². The van der Waals surface area contributed by atoms with Crippen LogP contribution in [0.3, 0.4) is 0 Å². The zero-order valence-electron chi connectivity index (χ0n) is 7.88. The first-order chi connectivity index (χ1) is 7.13. The lowest BCUT2D eigenvalue weighted by atomic mass is 10.5. The van der Waals surface area contributed by atoms with Crippen molar-refractivity contribution >= 4 is 11.9 Å². The smallest absolute Gasteiger partial charge is 0.356 e. The molecule has 0 aromatic carbocycles. The summed E-state index contributed by atoms with van der Waals surface area (Å²) in [7, 11) is 0. The summed E-state index contributed by atoms with van der Waals surface area (Å²) in [5.41, 5.74) is -0.107. The van der Waals surface area contributed by atoms with Crippen LogP contribution in [0.15, 0.2) is 12.3 Å². The lowest BCUT2D eigenvalue weighted by Gasteiger charge is -2.02. The molecule has 0 saturated carbocycles. The van der Waals surface area contributed by atoms with Crippen LogP contribution in [0.1, 0.15) is 10.5 Å². The highest BCUT2D eigenvalue weighted by Crippen LogP contribution is 1.94. The number of rotatable bonds is 5. The van der Waals surface area contributed by atoms with E-state index < -0.39 is 5.97 Å². The summed E-state index contributed by atoms with van der Waals surface area (Å²) in [6, 6.07) is 1.31. The van der Waals surface area contributed by atoms with Crippen LogP contribution in [0.2, 0.25) is 0 Å². The van der Waals surface area contributed by atoms with Crippen LogP contribution in [-0.2, 0) is 11.3 Å². The van der Waals surface area contributed by atoms with Crippen molar-refractivity contribution in [1.29, 1.82) is 0 Å². The van der Waals surface area contributed by atoms with Crippen molar-refractivity contribution in [2.45, 2.75) is 6.54 Å². The highest BCUT2D eigenvalue weighted by Gasteiger charge is 2.08. The second kappa shape index (κ2) is 5.11. The van der Waals surface area contributed by atoms with E-state index in [4.69, 9.17) is 10.2 Å². The fraction of sp³-hybridized carbons (Fsp3) is 0.375. The van der Waals surface area contributed by atoms with E-state index in [1.165, 1.54) is 16.9 Å². The lowest BCUT2D eigenvalue weighted by Crippen LogP contribution is -2.30. The largest absolute Gasteiger partial charge is 0.476 e. The Kier molecular flexibility index (Phi) is 3.81. The van der Waals surface area contributed by atoms with Crippen molar-refractivity contribution < 1.29 is 19.8 Å². The average molecular weight is 213 g/mol. The third kappa shape index (κ3) is 3.39. The molecule has 0 unspecified atom stereocenters. The molecule has 1 aromatic heterocycles. The Hall–Kier alpha value is -1.89. The summed E-state index contributed by atoms with van der Waals surface area (Å²) in [6.07, 6.45) is 1.40. The van der Waals surface area contributed by atoms with E-state index in [9.17, 15) is 9.59 Å². The van der Waals surface area contributed by atoms with E-state index >= 15 is 0 Å². The molecule has 7 heteroatoms. The number of hydrogen-bond donors (Lipinski definition) is 3. The van der Waals surface area contributed by atoms with Crippen LogP contribution in [0.5, 0.6) is 0 Å². The van der Waals surface area contributed by atoms with Crippen molar-refractivity contribution in [3.8, 4) is 0 Å². The van der Waals surface area contributed by atoms with Gasteiger partial charge < -0.3 is 15.5 Å². The Morgan fingerprint density at radius 1 is 1.53 bits per heavy atom. The molecule has 0 aliphatic heterocycles. The SMILES string of the molecule is O=C(Cn1ccc(C(=O)O)n1)NCCO. The standard InChI is InChI=1S/C8H11N3O4/c12-4-2-9-7(13)5-11-3-1-6(10-11)8(14)15/h1,3,12H,2,4-5H2,(H,9,13)(H,14,15). The maximum absolute atomic E-state index is 11.1. The van der Waals surface area contributed by atoms with Crippen molar-refractivity contribution in [3.63, 3.8) is 0 Å². The highest BCUT2D eigenvalue weighted by molar-refractivity contribution is 5.85. The number of aromatic carboxylic acids is 1. The molecule has 0 radical (unpaired) electrons. The Labute approximate surface area is 85.3 Å². The maximum atomic E-state index is 11.1. The predicted molar refractivity (Wildman–Crippen MR) is 49.3 cm³/mol. The number of carboxylic acid groups (broad SMARTS) is 1. The van der Waals surface area contributed by atoms with Crippen LogP contribution in [-0.4, -0.2) is 45.0 Å². The quantitative estimate of drug-likeness (QED) is 0.563. The second-order valence-electron chi connectivity index (χ2n) is 2.78. The molecule has 7 nitrogen and oxygen atoms in total. The van der Waals surface area contributed by atoms with Crippen molar-refractivity contribution in [3.05, 3.63) is 18.0 Å². The summed E-state index contributed by atoms with van der Waals surface area (Å²) >= 11 is 0. The first kappa shape index (κ1) is 11.2. The van der Waals surface area contributed by atoms with Gasteiger partial charge in [-0.2, -0.15) is 5.10 Å². The molecule has 15 heavy (non-hydrogen) atoms. The minimum Gasteiger partial charge on any atom is -0.476 e. The molecule has 0 spiro atoms. The number of nitrogens with zero attached hydrogens (tertiary/aromatic N) is 2. The molecule has 0 fully saturated rings. The van der Waals surface area contributed by atoms with Gasteiger partial charge in [-0.05, 0) is 6.07 Å². The van der Waals surface area contributed by atoms with Gasteiger partial charge in [0.15, 0.2) is 5.69 Å². The van der Waals surface area contributed by atoms with Gasteiger partial charge >= 0.3 is 5.97 Å². The van der Waals surface area contributed by atoms with E-state index in [2.05, 4.69) is 10.4 Å². The van der Waals surface area contributed by atoms with Gasteiger partial charge in [0.1, 0.15) is 6.54 Å². The number of carbonyl (C=O) groups excluding carboxylic acids is 1. The van der Waals surface area contributed by atoms with Crippen LogP contribution >= 0.6 is 0 Å². The van der Waals surface area contributed by atoms with Crippen molar-refractivity contribution in [2.24, 2.45) is 0 Å². The highest BCUT2D eigenvalue weighted by atomic mass is 16.4. The van der Waals surface area contributed by atoms with Gasteiger partial charge in [0.2, 0.25) is 5.91 Å². The van der Waals surface area contributed by atoms with E-state index in [0.717, 1.165) is 0 Å². The zero-order chi connectivity index (χ0) is 11.3. The minimum absolute atomic E-state index is 0.0622. The fourth-order valence-corrected chi connectivity index (χ4v) is 0.962. The van der Waals surface area contributed by atoms with Crippen LogP contribution in [0.4, 0.5) is 0 Å². The number of hydrogen-bond acceptors (Lipinski definition) is 4. The fourth-order valence-electron chi connectivity index (χ4n) is 0.962. The molecule has 0 bridgehead atoms. The molecule has 3 N–H and O–H groups in total. The molecule has 1 heterocycles. The molecule has 0 aliphatic rings. The average Bonchev–Trinajstić information content (AvgIpc) is 2.63. The van der Waals surface area contributed by atoms with E-state index in [0.29, 0.717) is 0 Å². The van der Waals surface area contributed by atoms with Crippen LogP contribution in [0, 0.1) is 0 Å². The first-order valence-corrected chi connectivity index (χ1v) is 4.28. The number of aromatic nitrogens is 2. The number of amides is 1. The maximum Gasteiger partial charge on any atom is 0.356 e. The summed E-state index contributed by atoms with van der Waals surface area (Å²) in [5.74, 6) is -1.46. The third-order valence-corrected chi connectivity index (χ3v) is 1.60. The number of aliphatic hydroxyl groups excluding tert-OH is 1. The molecule has 1 rings (SSSR count). The van der Waals surface area contributed by atoms with E-state index in [-0.39, 0.29) is 31.3 Å². The number of carbonyl (C=O) groups is 2. The van der Waals surface area contributed by atoms with Gasteiger partial charge in [-0.25, -0.2) is 4.79 Å². The van der Waals surface area contributed by atoms with Gasteiger partial charge in [0.05, 0.1) is 6.61 Å². The summed E-state index contributed by atoms with van der Waals surface area (Å²) in [5, 5.41) is 23.1. The Bertz CT molecular complexity index is 361. The monoisotopic (exact) mass is 213 g/mol. The van der Waals surface area contributed by atoms with Crippen molar-refractivity contribution in [1.82, 2.24) is 15.1 Å². The van der Waals surface area contributed by atoms with E-state index in [1.54, 1.807) is 0 Å². The molecular formula is C8H11N3O4. The van der Waals surface area contributed by atoms with E-state index in [1.807, 2.05) is 0 Å². The van der Waals surface area contributed by atoms with Crippen LogP contribution in [0.25, 0.3) is 0 Å². The Morgan fingerprint density at radius 2 is 2.27 bits per heavy atom. The molecule has 82 valence electrons. The van der Waals surface area contributed by atoms with Gasteiger partial charge in [0, 0.05) is 12.7 Å². The third-order valence-electron chi connectivity index (χ3n) is 1.60. The predicted octanol–water partition coefficient (Wildman–Crippen LogP) is -1.31. The molecule has 0 aliphatic carbocycles. The zero-order valence-corrected chi connectivity index (χ0v) is 7.88. The Balaban J connectivity index is 2.50. The number of nitrogens with one attached hydrogen (secondary N) is 1. The summed E-state index contributed by atoms with van der Waals surface area (Å²) < 4.78 is 1.22. The van der Waals surface area contributed by atoms with Crippen LogP contribution < -0.4 is 5.32 Å². The number of carboxylic acids is 1. The second-order valence-corrected chi connectivity index (χ2v) is 2.78. The topological polar surface area (TPSA) is 104 Å². The molecular weight excluding hydrogens is 202 g/mol. The van der Waals surface area contributed by atoms with Gasteiger partial charge in [-0.1, -0.05) is 0 Å². The molecule has 0 saturated heterocycles. The van der Waals surface area contributed by atoms with Gasteiger partial charge in [0.25, 0.3) is 0 Å². The molecule has 1 amide bonds. The minimum atomic E-state index is -1.13. The normalized spacial score (nSPS) is 9.93. The lowest BCUT2D eigenvalue weighted by molar-refractivity contribution is -0.122.